The maximum Gasteiger partial charge on any atom is 0.197 e. The van der Waals surface area contributed by atoms with E-state index in [-0.39, 0.29) is 29.1 Å². The fourth-order valence-corrected chi connectivity index (χ4v) is 3.96. The average molecular weight is 430 g/mol. The van der Waals surface area contributed by atoms with Crippen LogP contribution in [0.25, 0.3) is 10.2 Å². The van der Waals surface area contributed by atoms with Gasteiger partial charge in [0.25, 0.3) is 0 Å². The van der Waals surface area contributed by atoms with Crippen LogP contribution in [0.3, 0.4) is 0 Å². The van der Waals surface area contributed by atoms with Gasteiger partial charge in [0.1, 0.15) is 0 Å². The summed E-state index contributed by atoms with van der Waals surface area (Å²) < 4.78 is 52.2. The molecule has 1 heterocycles. The minimum absolute atomic E-state index is 0.108. The summed E-state index contributed by atoms with van der Waals surface area (Å²) in [6.07, 6.45) is 0.480. The van der Waals surface area contributed by atoms with E-state index in [0.717, 1.165) is 10.8 Å². The molecule has 0 spiro atoms. The second kappa shape index (κ2) is 8.49. The Morgan fingerprint density at radius 1 is 1.33 bits per heavy atom. The number of nitrogens with zero attached hydrogens (tertiary/aromatic N) is 1. The highest BCUT2D eigenvalue weighted by molar-refractivity contribution is 7.77. The van der Waals surface area contributed by atoms with E-state index in [0.29, 0.717) is 11.9 Å². The van der Waals surface area contributed by atoms with Crippen molar-refractivity contribution in [1.82, 2.24) is 9.71 Å². The molecule has 3 rings (SSSR count). The topological polar surface area (TPSA) is 82.1 Å². The Balaban J connectivity index is 1.93. The zero-order valence-electron chi connectivity index (χ0n) is 13.6. The number of aromatic nitrogens is 1. The molecule has 0 bridgehead atoms. The number of fused-ring (bicyclic) bond motifs is 1. The number of nitrogens with one attached hydrogen (secondary N) is 1. The Bertz CT molecular complexity index is 1040. The number of benzene rings is 2. The van der Waals surface area contributed by atoms with Gasteiger partial charge in [-0.3, -0.25) is 9.00 Å². The first-order valence-corrected chi connectivity index (χ1v) is 10.1. The van der Waals surface area contributed by atoms with E-state index in [1.807, 2.05) is 0 Å². The predicted molar refractivity (Wildman–Crippen MR) is 99.7 cm³/mol. The predicted octanol–water partition coefficient (Wildman–Crippen LogP) is 3.78. The van der Waals surface area contributed by atoms with Crippen molar-refractivity contribution in [2.45, 2.75) is 12.8 Å². The first kappa shape index (κ1) is 20.0. The van der Waals surface area contributed by atoms with Crippen LogP contribution >= 0.6 is 22.9 Å². The van der Waals surface area contributed by atoms with E-state index in [4.69, 9.17) is 11.6 Å². The third-order valence-corrected chi connectivity index (χ3v) is 5.56. The molecule has 10 heteroatoms. The summed E-state index contributed by atoms with van der Waals surface area (Å²) in [5, 5.41) is -0.174. The summed E-state index contributed by atoms with van der Waals surface area (Å²) in [5.41, 5.74) is 2.20. The largest absolute Gasteiger partial charge is 0.760 e. The van der Waals surface area contributed by atoms with E-state index >= 15 is 0 Å². The molecule has 2 aromatic carbocycles. The monoisotopic (exact) mass is 429 g/mol. The maximum atomic E-state index is 14.3. The van der Waals surface area contributed by atoms with E-state index in [1.165, 1.54) is 17.4 Å². The highest BCUT2D eigenvalue weighted by Crippen LogP contribution is 2.30. The number of ketones is 1. The van der Waals surface area contributed by atoms with Crippen molar-refractivity contribution in [2.24, 2.45) is 0 Å². The van der Waals surface area contributed by atoms with Gasteiger partial charge in [-0.2, -0.15) is 0 Å². The number of aryl methyl sites for hydroxylation is 1. The summed E-state index contributed by atoms with van der Waals surface area (Å²) in [6, 6.07) is 5.59. The van der Waals surface area contributed by atoms with Gasteiger partial charge in [0.15, 0.2) is 17.4 Å². The van der Waals surface area contributed by atoms with Gasteiger partial charge >= 0.3 is 0 Å². The Morgan fingerprint density at radius 3 is 2.85 bits per heavy atom. The van der Waals surface area contributed by atoms with Crippen LogP contribution < -0.4 is 4.72 Å². The smallest absolute Gasteiger partial charge is 0.197 e. The van der Waals surface area contributed by atoms with E-state index < -0.39 is 34.2 Å². The molecule has 5 nitrogen and oxygen atoms in total. The third kappa shape index (κ3) is 4.39. The fraction of sp³-hybridized carbons (Fsp3) is 0.176. The standard InChI is InChI=1S/C17H13ClF2N2O3S2/c18-15-9(2-1-5-22-27(24)25)6-11(19)16(20)14(15)17(23)10-3-4-12-13(7-10)26-8-21-12/h3-4,6-8,22H,1-2,5H2,(H,24,25)/p-1. The Labute approximate surface area is 164 Å². The minimum Gasteiger partial charge on any atom is -0.760 e. The van der Waals surface area contributed by atoms with Crippen LogP contribution in [0.5, 0.6) is 0 Å². The first-order valence-electron chi connectivity index (χ1n) is 7.75. The molecule has 0 aliphatic rings. The van der Waals surface area contributed by atoms with Crippen LogP contribution in [0.15, 0.2) is 29.8 Å². The molecule has 1 aromatic heterocycles. The summed E-state index contributed by atoms with van der Waals surface area (Å²) in [7, 11) is 0. The van der Waals surface area contributed by atoms with Gasteiger partial charge in [0.2, 0.25) is 0 Å². The number of thiazole rings is 1. The molecule has 142 valence electrons. The number of halogens is 3. The van der Waals surface area contributed by atoms with Gasteiger partial charge in [-0.1, -0.05) is 11.6 Å². The molecule has 1 unspecified atom stereocenters. The highest BCUT2D eigenvalue weighted by atomic mass is 35.5. The summed E-state index contributed by atoms with van der Waals surface area (Å²) in [4.78, 5) is 16.9. The third-order valence-electron chi connectivity index (χ3n) is 3.89. The number of carbonyl (C=O) groups excluding carboxylic acids is 1. The zero-order chi connectivity index (χ0) is 19.6. The van der Waals surface area contributed by atoms with Gasteiger partial charge in [0, 0.05) is 23.4 Å². The molecule has 0 saturated heterocycles. The van der Waals surface area contributed by atoms with Crippen molar-refractivity contribution < 1.29 is 22.3 Å². The fourth-order valence-electron chi connectivity index (χ4n) is 2.61. The molecular formula is C17H12ClF2N2O3S2-. The molecule has 0 aliphatic carbocycles. The summed E-state index contributed by atoms with van der Waals surface area (Å²) >= 11 is 5.11. The summed E-state index contributed by atoms with van der Waals surface area (Å²) in [5.74, 6) is -3.22. The molecular weight excluding hydrogens is 418 g/mol. The second-order valence-corrected chi connectivity index (χ2v) is 7.64. The lowest BCUT2D eigenvalue weighted by Crippen LogP contribution is -2.18. The highest BCUT2D eigenvalue weighted by Gasteiger charge is 2.24. The zero-order valence-corrected chi connectivity index (χ0v) is 16.0. The minimum atomic E-state index is -2.41. The summed E-state index contributed by atoms with van der Waals surface area (Å²) in [6.45, 7) is 0.108. The van der Waals surface area contributed by atoms with E-state index in [1.54, 1.807) is 17.6 Å². The van der Waals surface area contributed by atoms with Gasteiger partial charge in [-0.15, -0.1) is 11.3 Å². The van der Waals surface area contributed by atoms with Gasteiger partial charge in [-0.25, -0.2) is 18.5 Å². The van der Waals surface area contributed by atoms with Crippen LogP contribution in [0.2, 0.25) is 5.02 Å². The Hall–Kier alpha value is -1.78. The molecule has 1 atom stereocenters. The SMILES string of the molecule is O=C(c1ccc2ncsc2c1)c1c(F)c(F)cc(CCCNS(=O)[O-])c1Cl. The molecule has 3 aromatic rings. The lowest BCUT2D eigenvalue weighted by Gasteiger charge is -2.12. The lowest BCUT2D eigenvalue weighted by atomic mass is 9.98. The molecule has 27 heavy (non-hydrogen) atoms. The molecule has 0 aliphatic heterocycles. The van der Waals surface area contributed by atoms with Crippen molar-refractivity contribution in [2.75, 3.05) is 6.54 Å². The maximum absolute atomic E-state index is 14.3. The lowest BCUT2D eigenvalue weighted by molar-refractivity contribution is 0.103. The van der Waals surface area contributed by atoms with Crippen LogP contribution in [0.4, 0.5) is 8.78 Å². The van der Waals surface area contributed by atoms with Crippen LogP contribution in [-0.4, -0.2) is 26.1 Å². The van der Waals surface area contributed by atoms with E-state index in [9.17, 15) is 22.3 Å². The van der Waals surface area contributed by atoms with Crippen molar-refractivity contribution >= 4 is 50.2 Å². The molecule has 0 saturated carbocycles. The normalized spacial score (nSPS) is 12.4. The van der Waals surface area contributed by atoms with Crippen molar-refractivity contribution in [3.63, 3.8) is 0 Å². The molecule has 1 N–H and O–H groups in total. The van der Waals surface area contributed by atoms with Crippen molar-refractivity contribution in [1.29, 1.82) is 0 Å². The van der Waals surface area contributed by atoms with Crippen molar-refractivity contribution in [3.8, 4) is 0 Å². The first-order chi connectivity index (χ1) is 12.9. The van der Waals surface area contributed by atoms with Crippen molar-refractivity contribution in [3.05, 3.63) is 63.1 Å². The number of hydrogen-bond donors (Lipinski definition) is 1. The van der Waals surface area contributed by atoms with Gasteiger partial charge in [0.05, 0.1) is 26.3 Å². The Kier molecular flexibility index (Phi) is 6.28. The molecule has 0 radical (unpaired) electrons. The number of hydrogen-bond acceptors (Lipinski definition) is 5. The van der Waals surface area contributed by atoms with Crippen LogP contribution in [0.1, 0.15) is 27.9 Å². The van der Waals surface area contributed by atoms with Crippen LogP contribution in [-0.2, 0) is 17.7 Å². The number of carbonyl (C=O) groups is 1. The molecule has 0 amide bonds. The molecule has 0 fully saturated rings. The van der Waals surface area contributed by atoms with E-state index in [2.05, 4.69) is 9.71 Å². The van der Waals surface area contributed by atoms with Crippen LogP contribution in [0, 0.1) is 11.6 Å². The van der Waals surface area contributed by atoms with Gasteiger partial charge in [-0.05, 0) is 42.7 Å². The quantitative estimate of drug-likeness (QED) is 0.268. The average Bonchev–Trinajstić information content (AvgIpc) is 3.10. The number of rotatable bonds is 7. The second-order valence-electron chi connectivity index (χ2n) is 5.62. The van der Waals surface area contributed by atoms with Gasteiger partial charge < -0.3 is 4.55 Å². The Morgan fingerprint density at radius 2 is 2.11 bits per heavy atom.